The largest absolute Gasteiger partial charge is 0.439 e. The lowest BCUT2D eigenvalue weighted by atomic mass is 9.63. The van der Waals surface area contributed by atoms with Crippen LogP contribution in [-0.4, -0.2) is 47.0 Å². The van der Waals surface area contributed by atoms with Gasteiger partial charge in [-0.1, -0.05) is 60.5 Å². The summed E-state index contributed by atoms with van der Waals surface area (Å²) >= 11 is 6.05. The Hall–Kier alpha value is -2.53. The Balaban J connectivity index is 1.30. The zero-order valence-corrected chi connectivity index (χ0v) is 17.6. The van der Waals surface area contributed by atoms with E-state index in [4.69, 9.17) is 16.3 Å². The number of benzene rings is 2. The first-order chi connectivity index (χ1) is 14.5. The number of halogens is 1. The Morgan fingerprint density at radius 2 is 1.73 bits per heavy atom. The van der Waals surface area contributed by atoms with Crippen LogP contribution < -0.4 is 0 Å². The molecule has 0 aromatic heterocycles. The third-order valence-electron chi connectivity index (χ3n) is 6.87. The predicted octanol–water partition coefficient (Wildman–Crippen LogP) is 4.39. The second-order valence-electron chi connectivity index (χ2n) is 8.81. The van der Waals surface area contributed by atoms with Crippen molar-refractivity contribution in [2.45, 2.75) is 43.2 Å². The number of hydrogen-bond donors (Lipinski definition) is 0. The Labute approximate surface area is 181 Å². The molecule has 1 saturated carbocycles. The molecule has 2 aromatic rings. The first-order valence-electron chi connectivity index (χ1n) is 10.6. The van der Waals surface area contributed by atoms with E-state index in [2.05, 4.69) is 0 Å². The van der Waals surface area contributed by atoms with Crippen molar-refractivity contribution < 1.29 is 14.3 Å². The van der Waals surface area contributed by atoms with E-state index in [-0.39, 0.29) is 12.0 Å². The van der Waals surface area contributed by atoms with Crippen LogP contribution in [0.15, 0.2) is 54.6 Å². The summed E-state index contributed by atoms with van der Waals surface area (Å²) in [7, 11) is 0. The highest BCUT2D eigenvalue weighted by Crippen LogP contribution is 2.47. The highest BCUT2D eigenvalue weighted by molar-refractivity contribution is 6.30. The standard InChI is InChI=1S/C24H25ClN2O3/c25-20-9-7-19(8-10-20)24(11-4-12-24)21(28)26-14-13-23(16-26)17-27(22(29)30-23)15-18-5-2-1-3-6-18/h1-3,5-10H,4,11-17H2. The minimum absolute atomic E-state index is 0.158. The topological polar surface area (TPSA) is 49.9 Å². The summed E-state index contributed by atoms with van der Waals surface area (Å²) in [5.74, 6) is 0.158. The number of carbonyl (C=O) groups excluding carboxylic acids is 2. The van der Waals surface area contributed by atoms with Crippen LogP contribution in [0.4, 0.5) is 4.79 Å². The maximum absolute atomic E-state index is 13.6. The van der Waals surface area contributed by atoms with Gasteiger partial charge in [0, 0.05) is 24.5 Å². The number of hydrogen-bond acceptors (Lipinski definition) is 3. The molecule has 1 spiro atoms. The van der Waals surface area contributed by atoms with Gasteiger partial charge in [-0.05, 0) is 36.1 Å². The van der Waals surface area contributed by atoms with Crippen molar-refractivity contribution in [3.63, 3.8) is 0 Å². The molecule has 0 bridgehead atoms. The van der Waals surface area contributed by atoms with Crippen molar-refractivity contribution in [1.82, 2.24) is 9.80 Å². The molecule has 30 heavy (non-hydrogen) atoms. The van der Waals surface area contributed by atoms with Crippen LogP contribution in [0.1, 0.15) is 36.8 Å². The maximum atomic E-state index is 13.6. The van der Waals surface area contributed by atoms with Gasteiger partial charge < -0.3 is 9.64 Å². The Morgan fingerprint density at radius 3 is 2.40 bits per heavy atom. The molecule has 0 radical (unpaired) electrons. The zero-order valence-electron chi connectivity index (χ0n) is 16.9. The van der Waals surface area contributed by atoms with E-state index in [9.17, 15) is 9.59 Å². The van der Waals surface area contributed by atoms with Crippen LogP contribution in [0.2, 0.25) is 5.02 Å². The molecule has 2 saturated heterocycles. The van der Waals surface area contributed by atoms with Crippen molar-refractivity contribution in [3.05, 3.63) is 70.7 Å². The molecule has 2 aliphatic heterocycles. The summed E-state index contributed by atoms with van der Waals surface area (Å²) in [6.07, 6.45) is 3.16. The SMILES string of the molecule is O=C1OC2(CCN(C(=O)C3(c4ccc(Cl)cc4)CCC3)C2)CN1Cc1ccccc1. The Bertz CT molecular complexity index is 958. The predicted molar refractivity (Wildman–Crippen MR) is 114 cm³/mol. The van der Waals surface area contributed by atoms with Crippen molar-refractivity contribution in [2.75, 3.05) is 19.6 Å². The Morgan fingerprint density at radius 1 is 1.00 bits per heavy atom. The number of nitrogens with zero attached hydrogens (tertiary/aromatic N) is 2. The van der Waals surface area contributed by atoms with E-state index in [1.807, 2.05) is 59.5 Å². The smallest absolute Gasteiger partial charge is 0.410 e. The van der Waals surface area contributed by atoms with Crippen LogP contribution in [-0.2, 0) is 21.5 Å². The number of likely N-dealkylation sites (tertiary alicyclic amines) is 1. The molecule has 156 valence electrons. The van der Waals surface area contributed by atoms with Crippen LogP contribution in [0.5, 0.6) is 0 Å². The summed E-state index contributed by atoms with van der Waals surface area (Å²) in [5.41, 5.74) is 1.07. The summed E-state index contributed by atoms with van der Waals surface area (Å²) in [4.78, 5) is 29.8. The van der Waals surface area contributed by atoms with E-state index in [0.717, 1.165) is 30.4 Å². The molecule has 5 nitrogen and oxygen atoms in total. The lowest BCUT2D eigenvalue weighted by Gasteiger charge is -2.43. The average molecular weight is 425 g/mol. The molecule has 0 N–H and O–H groups in total. The molecular formula is C24H25ClN2O3. The van der Waals surface area contributed by atoms with Gasteiger partial charge in [-0.2, -0.15) is 0 Å². The van der Waals surface area contributed by atoms with Gasteiger partial charge in [0.1, 0.15) is 0 Å². The molecule has 3 aliphatic rings. The molecule has 1 aliphatic carbocycles. The highest BCUT2D eigenvalue weighted by Gasteiger charge is 2.54. The van der Waals surface area contributed by atoms with Gasteiger partial charge in [-0.25, -0.2) is 4.79 Å². The highest BCUT2D eigenvalue weighted by atomic mass is 35.5. The van der Waals surface area contributed by atoms with Crippen molar-refractivity contribution in [2.24, 2.45) is 0 Å². The van der Waals surface area contributed by atoms with Gasteiger partial charge in [0.15, 0.2) is 5.60 Å². The van der Waals surface area contributed by atoms with Gasteiger partial charge in [-0.3, -0.25) is 9.69 Å². The van der Waals surface area contributed by atoms with Crippen molar-refractivity contribution in [1.29, 1.82) is 0 Å². The first-order valence-corrected chi connectivity index (χ1v) is 10.9. The fourth-order valence-corrected chi connectivity index (χ4v) is 5.20. The molecule has 2 amide bonds. The number of carbonyl (C=O) groups is 2. The minimum Gasteiger partial charge on any atom is -0.439 e. The summed E-state index contributed by atoms with van der Waals surface area (Å²) in [6.45, 7) is 2.15. The van der Waals surface area contributed by atoms with Crippen molar-refractivity contribution >= 4 is 23.6 Å². The molecule has 5 rings (SSSR count). The van der Waals surface area contributed by atoms with E-state index in [1.54, 1.807) is 4.90 Å². The van der Waals surface area contributed by atoms with E-state index in [1.165, 1.54) is 0 Å². The maximum Gasteiger partial charge on any atom is 0.410 e. The van der Waals surface area contributed by atoms with Gasteiger partial charge in [0.05, 0.1) is 18.5 Å². The molecule has 1 atom stereocenters. The molecule has 1 unspecified atom stereocenters. The monoisotopic (exact) mass is 424 g/mol. The fraction of sp³-hybridized carbons (Fsp3) is 0.417. The van der Waals surface area contributed by atoms with Crippen LogP contribution in [0.3, 0.4) is 0 Å². The number of rotatable bonds is 4. The third kappa shape index (κ3) is 3.25. The fourth-order valence-electron chi connectivity index (χ4n) is 5.08. The molecule has 3 fully saturated rings. The summed E-state index contributed by atoms with van der Waals surface area (Å²) < 4.78 is 5.84. The normalized spacial score (nSPS) is 24.8. The van der Waals surface area contributed by atoms with E-state index < -0.39 is 11.0 Å². The first kappa shape index (κ1) is 19.4. The summed E-state index contributed by atoms with van der Waals surface area (Å²) in [5, 5.41) is 0.678. The van der Waals surface area contributed by atoms with Gasteiger partial charge in [0.25, 0.3) is 0 Å². The van der Waals surface area contributed by atoms with Crippen molar-refractivity contribution in [3.8, 4) is 0 Å². The van der Waals surface area contributed by atoms with Gasteiger partial charge >= 0.3 is 6.09 Å². The molecule has 2 heterocycles. The van der Waals surface area contributed by atoms with E-state index in [0.29, 0.717) is 37.6 Å². The van der Waals surface area contributed by atoms with Gasteiger partial charge in [0.2, 0.25) is 5.91 Å². The average Bonchev–Trinajstić information content (AvgIpc) is 3.25. The second-order valence-corrected chi connectivity index (χ2v) is 9.25. The van der Waals surface area contributed by atoms with E-state index >= 15 is 0 Å². The lowest BCUT2D eigenvalue weighted by molar-refractivity contribution is -0.140. The zero-order chi connectivity index (χ0) is 20.8. The summed E-state index contributed by atoms with van der Waals surface area (Å²) in [6, 6.07) is 17.6. The van der Waals surface area contributed by atoms with Crippen LogP contribution in [0, 0.1) is 0 Å². The Kier molecular flexibility index (Phi) is 4.73. The third-order valence-corrected chi connectivity index (χ3v) is 7.13. The molecular weight excluding hydrogens is 400 g/mol. The lowest BCUT2D eigenvalue weighted by Crippen LogP contribution is -2.51. The van der Waals surface area contributed by atoms with Crippen LogP contribution in [0.25, 0.3) is 0 Å². The quantitative estimate of drug-likeness (QED) is 0.731. The number of ether oxygens (including phenoxy) is 1. The second kappa shape index (κ2) is 7.31. The van der Waals surface area contributed by atoms with Crippen LogP contribution >= 0.6 is 11.6 Å². The minimum atomic E-state index is -0.591. The molecule has 2 aromatic carbocycles. The van der Waals surface area contributed by atoms with Gasteiger partial charge in [-0.15, -0.1) is 0 Å². The molecule has 6 heteroatoms. The number of amides is 2.